The second-order valence-corrected chi connectivity index (χ2v) is 8.91. The summed E-state index contributed by atoms with van der Waals surface area (Å²) in [5.74, 6) is -0.154. The number of nitrogens with one attached hydrogen (secondary N) is 1. The number of likely N-dealkylation sites (tertiary alicyclic amines) is 1. The number of aryl methyl sites for hydroxylation is 1. The zero-order valence-corrected chi connectivity index (χ0v) is 16.8. The van der Waals surface area contributed by atoms with Gasteiger partial charge in [-0.15, -0.1) is 0 Å². The molecule has 1 heterocycles. The first kappa shape index (κ1) is 19.7. The molecule has 2 aromatic carbocycles. The lowest BCUT2D eigenvalue weighted by Gasteiger charge is -2.21. The summed E-state index contributed by atoms with van der Waals surface area (Å²) in [5, 5.41) is 0.322. The number of nitrogens with zero attached hydrogens (tertiary/aromatic N) is 1. The molecule has 0 saturated carbocycles. The molecule has 1 aliphatic rings. The van der Waals surface area contributed by atoms with E-state index in [1.54, 1.807) is 41.3 Å². The van der Waals surface area contributed by atoms with Gasteiger partial charge in [0.15, 0.2) is 0 Å². The number of hydrogen-bond acceptors (Lipinski definition) is 3. The normalized spacial score (nSPS) is 15.3. The van der Waals surface area contributed by atoms with Gasteiger partial charge in [-0.05, 0) is 50.1 Å². The Balaban J connectivity index is 1.84. The fourth-order valence-corrected chi connectivity index (χ4v) is 4.38. The number of hydrogen-bond donors (Lipinski definition) is 1. The number of halogens is 1. The average molecular weight is 407 g/mol. The Morgan fingerprint density at radius 3 is 2.26 bits per heavy atom. The molecular weight excluding hydrogens is 384 g/mol. The molecule has 5 nitrogen and oxygen atoms in total. The van der Waals surface area contributed by atoms with E-state index < -0.39 is 10.0 Å². The first-order valence-electron chi connectivity index (χ1n) is 9.05. The predicted octanol–water partition coefficient (Wildman–Crippen LogP) is 4.47. The third-order valence-electron chi connectivity index (χ3n) is 4.67. The standard InChI is InChI=1S/C20H23ClN2O3S/c1-15-6-9-17(10-7-15)27(25,26)22-16-8-11-19(21)18(14-16)20(24)23-12-4-2-3-5-13-23/h6-11,14,22H,2-5,12-13H2,1H3. The topological polar surface area (TPSA) is 66.5 Å². The fraction of sp³-hybridized carbons (Fsp3) is 0.350. The summed E-state index contributed by atoms with van der Waals surface area (Å²) >= 11 is 6.23. The van der Waals surface area contributed by atoms with Crippen molar-refractivity contribution in [2.24, 2.45) is 0 Å². The number of carbonyl (C=O) groups is 1. The van der Waals surface area contributed by atoms with Gasteiger partial charge in [0.05, 0.1) is 15.5 Å². The molecule has 0 atom stereocenters. The SMILES string of the molecule is Cc1ccc(S(=O)(=O)Nc2ccc(Cl)c(C(=O)N3CCCCCC3)c2)cc1. The van der Waals surface area contributed by atoms with E-state index >= 15 is 0 Å². The van der Waals surface area contributed by atoms with Gasteiger partial charge in [-0.2, -0.15) is 0 Å². The van der Waals surface area contributed by atoms with Crippen LogP contribution in [0.1, 0.15) is 41.6 Å². The second kappa shape index (κ2) is 8.31. The Morgan fingerprint density at radius 1 is 1.00 bits per heavy atom. The molecule has 3 rings (SSSR count). The van der Waals surface area contributed by atoms with Crippen LogP contribution in [0, 0.1) is 6.92 Å². The number of benzene rings is 2. The molecule has 1 fully saturated rings. The van der Waals surface area contributed by atoms with Crippen molar-refractivity contribution in [3.8, 4) is 0 Å². The third-order valence-corrected chi connectivity index (χ3v) is 6.40. The molecule has 0 aliphatic carbocycles. The monoisotopic (exact) mass is 406 g/mol. The highest BCUT2D eigenvalue weighted by Crippen LogP contribution is 2.25. The Hall–Kier alpha value is -2.05. The van der Waals surface area contributed by atoms with Crippen molar-refractivity contribution in [3.05, 3.63) is 58.6 Å². The Kier molecular flexibility index (Phi) is 6.07. The molecule has 0 aromatic heterocycles. The van der Waals surface area contributed by atoms with E-state index in [0.717, 1.165) is 31.2 Å². The summed E-state index contributed by atoms with van der Waals surface area (Å²) < 4.78 is 27.7. The molecule has 7 heteroatoms. The Bertz CT molecular complexity index is 919. The van der Waals surface area contributed by atoms with Gasteiger partial charge in [0, 0.05) is 18.8 Å². The largest absolute Gasteiger partial charge is 0.339 e. The first-order chi connectivity index (χ1) is 12.9. The molecule has 1 aliphatic heterocycles. The molecule has 0 bridgehead atoms. The van der Waals surface area contributed by atoms with Gasteiger partial charge in [-0.1, -0.05) is 42.1 Å². The first-order valence-corrected chi connectivity index (χ1v) is 10.9. The van der Waals surface area contributed by atoms with Crippen molar-refractivity contribution < 1.29 is 13.2 Å². The van der Waals surface area contributed by atoms with E-state index in [9.17, 15) is 13.2 Å². The van der Waals surface area contributed by atoms with Crippen LogP contribution in [0.5, 0.6) is 0 Å². The van der Waals surface area contributed by atoms with Crippen molar-refractivity contribution in [2.45, 2.75) is 37.5 Å². The number of amides is 1. The van der Waals surface area contributed by atoms with Gasteiger partial charge >= 0.3 is 0 Å². The number of anilines is 1. The van der Waals surface area contributed by atoms with Crippen LogP contribution in [0.25, 0.3) is 0 Å². The highest BCUT2D eigenvalue weighted by molar-refractivity contribution is 7.92. The van der Waals surface area contributed by atoms with Gasteiger partial charge in [-0.3, -0.25) is 9.52 Å². The maximum absolute atomic E-state index is 12.9. The third kappa shape index (κ3) is 4.82. The maximum Gasteiger partial charge on any atom is 0.261 e. The molecule has 0 unspecified atom stereocenters. The number of rotatable bonds is 4. The molecular formula is C20H23ClN2O3S. The van der Waals surface area contributed by atoms with Crippen molar-refractivity contribution in [3.63, 3.8) is 0 Å². The molecule has 1 N–H and O–H groups in total. The maximum atomic E-state index is 12.9. The van der Waals surface area contributed by atoms with E-state index in [0.29, 0.717) is 29.4 Å². The van der Waals surface area contributed by atoms with Crippen LogP contribution in [0.4, 0.5) is 5.69 Å². The van der Waals surface area contributed by atoms with Crippen molar-refractivity contribution in [1.29, 1.82) is 0 Å². The van der Waals surface area contributed by atoms with E-state index in [4.69, 9.17) is 11.6 Å². The zero-order valence-electron chi connectivity index (χ0n) is 15.2. The summed E-state index contributed by atoms with van der Waals surface area (Å²) in [6.45, 7) is 3.30. The molecule has 0 spiro atoms. The zero-order chi connectivity index (χ0) is 19.4. The molecule has 1 amide bonds. The van der Waals surface area contributed by atoms with Crippen LogP contribution in [0.2, 0.25) is 5.02 Å². The summed E-state index contributed by atoms with van der Waals surface area (Å²) in [6, 6.07) is 11.2. The van der Waals surface area contributed by atoms with Crippen LogP contribution >= 0.6 is 11.6 Å². The average Bonchev–Trinajstić information content (AvgIpc) is 2.92. The highest BCUT2D eigenvalue weighted by atomic mass is 35.5. The minimum atomic E-state index is -3.73. The highest BCUT2D eigenvalue weighted by Gasteiger charge is 2.21. The summed E-state index contributed by atoms with van der Waals surface area (Å²) in [6.07, 6.45) is 4.19. The summed E-state index contributed by atoms with van der Waals surface area (Å²) in [4.78, 5) is 14.8. The second-order valence-electron chi connectivity index (χ2n) is 6.82. The fourth-order valence-electron chi connectivity index (χ4n) is 3.13. The van der Waals surface area contributed by atoms with Gasteiger partial charge in [-0.25, -0.2) is 8.42 Å². The van der Waals surface area contributed by atoms with Gasteiger partial charge in [0.25, 0.3) is 15.9 Å². The molecule has 27 heavy (non-hydrogen) atoms. The van der Waals surface area contributed by atoms with Gasteiger partial charge in [0.2, 0.25) is 0 Å². The summed E-state index contributed by atoms with van der Waals surface area (Å²) in [5.41, 5.74) is 1.62. The van der Waals surface area contributed by atoms with Crippen LogP contribution in [-0.4, -0.2) is 32.3 Å². The van der Waals surface area contributed by atoms with Gasteiger partial charge in [0.1, 0.15) is 0 Å². The Morgan fingerprint density at radius 2 is 1.63 bits per heavy atom. The molecule has 0 radical (unpaired) electrons. The molecule has 2 aromatic rings. The molecule has 1 saturated heterocycles. The van der Waals surface area contributed by atoms with Crippen LogP contribution in [0.15, 0.2) is 47.4 Å². The smallest absolute Gasteiger partial charge is 0.261 e. The predicted molar refractivity (Wildman–Crippen MR) is 108 cm³/mol. The number of carbonyl (C=O) groups excluding carboxylic acids is 1. The van der Waals surface area contributed by atoms with Gasteiger partial charge < -0.3 is 4.90 Å². The van der Waals surface area contributed by atoms with E-state index in [1.807, 2.05) is 6.92 Å². The molecule has 144 valence electrons. The van der Waals surface area contributed by atoms with E-state index in [-0.39, 0.29) is 10.8 Å². The lowest BCUT2D eigenvalue weighted by atomic mass is 10.1. The van der Waals surface area contributed by atoms with Crippen molar-refractivity contribution in [2.75, 3.05) is 17.8 Å². The van der Waals surface area contributed by atoms with Crippen LogP contribution < -0.4 is 4.72 Å². The quantitative estimate of drug-likeness (QED) is 0.814. The van der Waals surface area contributed by atoms with E-state index in [1.165, 1.54) is 6.07 Å². The van der Waals surface area contributed by atoms with Crippen molar-refractivity contribution in [1.82, 2.24) is 4.90 Å². The van der Waals surface area contributed by atoms with Crippen molar-refractivity contribution >= 4 is 33.2 Å². The summed E-state index contributed by atoms with van der Waals surface area (Å²) in [7, 11) is -3.73. The van der Waals surface area contributed by atoms with Crippen LogP contribution in [-0.2, 0) is 10.0 Å². The van der Waals surface area contributed by atoms with E-state index in [2.05, 4.69) is 4.72 Å². The number of sulfonamides is 1. The Labute approximate surface area is 165 Å². The minimum absolute atomic E-state index is 0.154. The van der Waals surface area contributed by atoms with Crippen LogP contribution in [0.3, 0.4) is 0 Å². The minimum Gasteiger partial charge on any atom is -0.339 e. The lowest BCUT2D eigenvalue weighted by molar-refractivity contribution is 0.0762. The lowest BCUT2D eigenvalue weighted by Crippen LogP contribution is -2.32.